The fourth-order valence-electron chi connectivity index (χ4n) is 24.4. The molecular formula is C109H143I2N19O19. The summed E-state index contributed by atoms with van der Waals surface area (Å²) in [6.45, 7) is 2.57. The standard InChI is InChI=1S/C52H61N9O10.C52H67N9O8.C4H11NO.CH4.I2/c62-43-19-20-44(63)61(43)71-51(70)53-24-21-37-48(67)59-25-9-16-41(59)49(68)60-40-15-6-2-11-32(40)28-42(60)47(66)56-39(26-31-18-17-30-10-1-3-12-34(30)31)46(65)58-52(22-7-8-23-52)50(69)57-38(45(64)55-37)27-33-29-54-36-14-5-4-13-35(33)36;1-59(26-27-69-2)51(68)53-24-21-39-48(65)60-25-11-18-43(60)49(66)61-42-17-8-4-13-34(42)30-44(61)47(64)56-41(28-33-20-19-32-12-3-5-14-36(32)33)46(63)58-52(22-9-10-23-52)50(67)57-40(45(62)55-39)29-35-31-54-38-16-7-6-15-37(35)38;1-5-3-4-6-2;;1-2/h1,3-5,10,12-14,18,29,32,37-42,54H,2,6-9,11,15-17,19-28H2,(H,53,70)(H,55,64)(H,56,66)(H,57,69)(H,58,65);3,5-7,12,14-16,20,31,34,39-44,54H,4,8-11,13,17-19,21-30H2,1-2H3,(H,53,68)(H,55,62)(H,56,64)(H,57,67)(H,58,63);5H,3-4H2,1-2H3;1H4;/t32-,37-,38-,39-,40-,41+,42-;34-,39-,40-,41-,42-,43+,44-;;;/m00.../s1. The summed E-state index contributed by atoms with van der Waals surface area (Å²) in [6, 6.07) is 19.2. The van der Waals surface area contributed by atoms with E-state index in [-0.39, 0.29) is 140 Å². The largest absolute Gasteiger partial charge is 0.432 e. The number of fused-ring (bicyclic) bond motifs is 12. The second-order valence-electron chi connectivity index (χ2n) is 41.4. The van der Waals surface area contributed by atoms with Gasteiger partial charge in [-0.3, -0.25) is 67.1 Å². The van der Waals surface area contributed by atoms with E-state index >= 15 is 38.4 Å². The molecule has 14 atom stereocenters. The number of hydrogen-bond acceptors (Lipinski definition) is 20. The number of methoxy groups -OCH3 is 2. The van der Waals surface area contributed by atoms with Crippen LogP contribution in [-0.2, 0) is 107 Å². The molecule has 13 N–H and O–H groups in total. The second-order valence-corrected chi connectivity index (χ2v) is 41.4. The van der Waals surface area contributed by atoms with Crippen LogP contribution in [0.1, 0.15) is 221 Å². The number of hydroxylamine groups is 2. The molecule has 2 aromatic heterocycles. The van der Waals surface area contributed by atoms with E-state index in [1.165, 1.54) is 14.7 Å². The molecule has 802 valence electrons. The zero-order chi connectivity index (χ0) is 104. The molecule has 11 fully saturated rings. The van der Waals surface area contributed by atoms with Gasteiger partial charge < -0.3 is 107 Å². The Morgan fingerprint density at radius 3 is 1.29 bits per heavy atom. The highest BCUT2D eigenvalue weighted by molar-refractivity contribution is 15.0. The van der Waals surface area contributed by atoms with E-state index in [0.717, 1.165) is 119 Å². The SMILES string of the molecule is C.CNCCOC.COCCN(C)C(=O)NCC[C@@H]1NC(=O)[C@H](Cc2c[nH]c3ccccc23)NC(=O)C2(CCCC2)NC(=O)[C@H](CC2=CCc3ccccc32)NC(=O)[C@@H]2C[C@@H]3CCCC[C@@H]3N2C(=O)[C@H]2CCCN2C1=O.II.O=C(NCC[C@@H]1NC(=O)[C@H](Cc2c[nH]c3ccccc23)NC(=O)C2(CCCC2)NC(=O)[C@H](CC2=CCc3ccccc32)NC(=O)[C@@H]2C[C@@H]3CCCC[C@@H]3N2C(=O)[C@H]2CCCN2C1=O)ON1C(=O)CCC1=O. The average Bonchev–Trinajstić information content (AvgIpc) is 1.61. The van der Waals surface area contributed by atoms with Crippen LogP contribution in [-0.4, -0.2) is 299 Å². The first-order valence-corrected chi connectivity index (χ1v) is 59.0. The summed E-state index contributed by atoms with van der Waals surface area (Å²) in [5.41, 5.74) is 6.23. The van der Waals surface area contributed by atoms with Gasteiger partial charge in [0.15, 0.2) is 0 Å². The number of amides is 17. The quantitative estimate of drug-likeness (QED) is 0.0182. The van der Waals surface area contributed by atoms with Crippen LogP contribution < -0.4 is 58.5 Å². The van der Waals surface area contributed by atoms with Gasteiger partial charge in [-0.25, -0.2) is 9.59 Å². The summed E-state index contributed by atoms with van der Waals surface area (Å²) in [4.78, 5) is 250. The molecule has 4 saturated carbocycles. The number of H-pyrrole nitrogens is 2. The number of likely N-dealkylation sites (N-methyl/N-ethyl adjacent to an activating group) is 2. The van der Waals surface area contributed by atoms with Crippen molar-refractivity contribution in [3.05, 3.63) is 155 Å². The highest BCUT2D eigenvalue weighted by Gasteiger charge is 2.56. The van der Waals surface area contributed by atoms with Gasteiger partial charge >= 0.3 is 12.1 Å². The van der Waals surface area contributed by atoms with E-state index < -0.39 is 148 Å². The molecule has 40 heteroatoms. The van der Waals surface area contributed by atoms with Crippen molar-refractivity contribution in [1.29, 1.82) is 0 Å². The minimum absolute atomic E-state index is 0. The van der Waals surface area contributed by atoms with Gasteiger partial charge in [-0.05, 0) is 191 Å². The zero-order valence-electron chi connectivity index (χ0n) is 84.6. The number of para-hydroxylation sites is 2. The molecule has 6 aromatic rings. The monoisotopic (exact) mass is 2280 g/mol. The number of carbonyl (C=O) groups is 16. The van der Waals surface area contributed by atoms with Gasteiger partial charge in [-0.2, -0.15) is 0 Å². The lowest BCUT2D eigenvalue weighted by Crippen LogP contribution is -2.65. The highest BCUT2D eigenvalue weighted by atomic mass is 128. The Morgan fingerprint density at radius 1 is 0.443 bits per heavy atom. The highest BCUT2D eigenvalue weighted by Crippen LogP contribution is 2.45. The lowest BCUT2D eigenvalue weighted by molar-refractivity contribution is -0.171. The Bertz CT molecular complexity index is 5950. The van der Waals surface area contributed by atoms with Crippen LogP contribution in [0.5, 0.6) is 0 Å². The maximum absolute atomic E-state index is 15.2. The second kappa shape index (κ2) is 51.3. The van der Waals surface area contributed by atoms with E-state index in [1.807, 2.05) is 104 Å². The number of nitrogens with one attached hydrogen (secondary N) is 13. The van der Waals surface area contributed by atoms with E-state index in [1.54, 1.807) is 43.5 Å². The van der Waals surface area contributed by atoms with E-state index in [4.69, 9.17) is 14.3 Å². The summed E-state index contributed by atoms with van der Waals surface area (Å²) in [6.07, 6.45) is 20.7. The van der Waals surface area contributed by atoms with Gasteiger partial charge in [-0.15, -0.1) is 5.06 Å². The number of allylic oxidation sites excluding steroid dienone is 2. The van der Waals surface area contributed by atoms with Crippen molar-refractivity contribution in [2.45, 2.75) is 296 Å². The first-order valence-electron chi connectivity index (χ1n) is 52.7. The predicted molar refractivity (Wildman–Crippen MR) is 575 cm³/mol. The number of hydrogen-bond donors (Lipinski definition) is 13. The Labute approximate surface area is 892 Å². The van der Waals surface area contributed by atoms with Crippen LogP contribution in [0.15, 0.2) is 122 Å². The van der Waals surface area contributed by atoms with Crippen molar-refractivity contribution in [2.24, 2.45) is 11.8 Å². The number of imide groups is 1. The molecule has 149 heavy (non-hydrogen) atoms. The van der Waals surface area contributed by atoms with Crippen LogP contribution >= 0.6 is 37.2 Å². The molecule has 19 rings (SSSR count). The number of aromatic nitrogens is 2. The third-order valence-corrected chi connectivity index (χ3v) is 32.2. The van der Waals surface area contributed by atoms with Crippen molar-refractivity contribution < 1.29 is 91.0 Å². The normalized spacial score (nSPS) is 26.4. The molecule has 38 nitrogen and oxygen atoms in total. The summed E-state index contributed by atoms with van der Waals surface area (Å²) >= 11 is 4.24. The number of aromatic amines is 2. The third-order valence-electron chi connectivity index (χ3n) is 32.2. The topological polar surface area (TPSA) is 484 Å². The molecule has 0 bridgehead atoms. The maximum Gasteiger partial charge on any atom is 0.432 e. The summed E-state index contributed by atoms with van der Waals surface area (Å²) in [7, 11) is 6.77. The Kier molecular flexibility index (Phi) is 38.3. The van der Waals surface area contributed by atoms with Crippen molar-refractivity contribution in [3.8, 4) is 0 Å². The summed E-state index contributed by atoms with van der Waals surface area (Å²) in [5.74, 6) is -7.43. The zero-order valence-corrected chi connectivity index (χ0v) is 88.9. The van der Waals surface area contributed by atoms with E-state index in [2.05, 4.69) is 118 Å². The molecule has 0 radical (unpaired) electrons. The Hall–Kier alpha value is -11.9. The molecule has 13 aliphatic rings. The van der Waals surface area contributed by atoms with Crippen molar-refractivity contribution in [2.75, 3.05) is 80.8 Å². The third kappa shape index (κ3) is 25.5. The van der Waals surface area contributed by atoms with E-state index in [0.29, 0.717) is 120 Å². The minimum Gasteiger partial charge on any atom is -0.383 e. The molecule has 6 aliphatic carbocycles. The molecule has 7 saturated heterocycles. The first kappa shape index (κ1) is 111. The van der Waals surface area contributed by atoms with Crippen molar-refractivity contribution >= 4 is 165 Å². The van der Waals surface area contributed by atoms with Crippen molar-refractivity contribution in [1.82, 2.24) is 98.0 Å². The van der Waals surface area contributed by atoms with Crippen molar-refractivity contribution in [3.63, 3.8) is 0 Å². The molecule has 17 amide bonds. The molecule has 2 spiro atoms. The van der Waals surface area contributed by atoms with Crippen LogP contribution in [0.2, 0.25) is 0 Å². The van der Waals surface area contributed by atoms with Gasteiger partial charge in [0.25, 0.3) is 11.8 Å². The number of nitrogens with zero attached hydrogens (tertiary/aromatic N) is 6. The Morgan fingerprint density at radius 2 is 0.852 bits per heavy atom. The van der Waals surface area contributed by atoms with Gasteiger partial charge in [0.2, 0.25) is 70.9 Å². The molecule has 9 heterocycles. The minimum atomic E-state index is -1.46. The molecule has 4 aromatic carbocycles. The summed E-state index contributed by atoms with van der Waals surface area (Å²) in [5, 5.41) is 34.7. The smallest absolute Gasteiger partial charge is 0.383 e. The van der Waals surface area contributed by atoms with Crippen LogP contribution in [0, 0.1) is 11.8 Å². The number of benzene rings is 4. The summed E-state index contributed by atoms with van der Waals surface area (Å²) < 4.78 is 9.86. The molecule has 7 aliphatic heterocycles. The van der Waals surface area contributed by atoms with Gasteiger partial charge in [-0.1, -0.05) is 156 Å². The van der Waals surface area contributed by atoms with Gasteiger partial charge in [0, 0.05) is 183 Å². The van der Waals surface area contributed by atoms with E-state index in [9.17, 15) is 38.4 Å². The van der Waals surface area contributed by atoms with Crippen LogP contribution in [0.3, 0.4) is 0 Å². The first-order chi connectivity index (χ1) is 71.7. The van der Waals surface area contributed by atoms with Crippen LogP contribution in [0.4, 0.5) is 9.59 Å². The number of ether oxygens (including phenoxy) is 2. The fourth-order valence-corrected chi connectivity index (χ4v) is 24.4. The van der Waals surface area contributed by atoms with Gasteiger partial charge in [0.1, 0.15) is 71.5 Å². The molecule has 0 unspecified atom stereocenters. The average molecular weight is 2280 g/mol. The fraction of sp³-hybridized carbons (Fsp3) is 0.560. The number of urea groups is 1. The van der Waals surface area contributed by atoms with Gasteiger partial charge in [0.05, 0.1) is 13.2 Å². The number of rotatable bonds is 21. The lowest BCUT2D eigenvalue weighted by atomic mass is 9.84. The lowest BCUT2D eigenvalue weighted by Gasteiger charge is -2.38. The maximum atomic E-state index is 15.2. The predicted octanol–water partition coefficient (Wildman–Crippen LogP) is 8.69. The Balaban J connectivity index is 0.000000207. The molecular weight excluding hydrogens is 2130 g/mol. The van der Waals surface area contributed by atoms with Crippen LogP contribution in [0.25, 0.3) is 33.0 Å². The number of carbonyl (C=O) groups excluding carboxylic acids is 16. The number of halogens is 2.